The van der Waals surface area contributed by atoms with Gasteiger partial charge in [0, 0.05) is 5.56 Å². The highest BCUT2D eigenvalue weighted by atomic mass is 16.6. The van der Waals surface area contributed by atoms with Crippen molar-refractivity contribution in [3.63, 3.8) is 0 Å². The highest BCUT2D eigenvalue weighted by molar-refractivity contribution is 5.79. The van der Waals surface area contributed by atoms with E-state index in [1.54, 1.807) is 0 Å². The molecule has 0 spiro atoms. The third-order valence-electron chi connectivity index (χ3n) is 4.32. The van der Waals surface area contributed by atoms with Crippen molar-refractivity contribution in [3.05, 3.63) is 35.4 Å². The molecule has 0 N–H and O–H groups in total. The van der Waals surface area contributed by atoms with Crippen LogP contribution in [0.5, 0.6) is 0 Å². The molecule has 1 fully saturated rings. The third kappa shape index (κ3) is 5.91. The molecule has 1 aromatic carbocycles. The van der Waals surface area contributed by atoms with Gasteiger partial charge in [-0.3, -0.25) is 0 Å². The fraction of sp³-hybridized carbons (Fsp3) is 0.632. The van der Waals surface area contributed by atoms with Crippen LogP contribution < -0.4 is 0 Å². The average Bonchev–Trinajstić information content (AvgIpc) is 2.55. The molecule has 0 unspecified atom stereocenters. The number of benzene rings is 1. The Morgan fingerprint density at radius 3 is 2.52 bits per heavy atom. The summed E-state index contributed by atoms with van der Waals surface area (Å²) in [5.74, 6) is 0.763. The Morgan fingerprint density at radius 1 is 1.05 bits per heavy atom. The molecule has 0 atom stereocenters. The van der Waals surface area contributed by atoms with Gasteiger partial charge in [0.05, 0.1) is 0 Å². The molecule has 1 saturated carbocycles. The van der Waals surface area contributed by atoms with Crippen LogP contribution in [0.15, 0.2) is 29.4 Å². The second-order valence-corrected chi connectivity index (χ2v) is 6.05. The summed E-state index contributed by atoms with van der Waals surface area (Å²) in [5, 5.41) is 3.93. The van der Waals surface area contributed by atoms with E-state index in [9.17, 15) is 0 Å². The first-order valence-electron chi connectivity index (χ1n) is 8.58. The normalized spacial score (nSPS) is 16.4. The van der Waals surface area contributed by atoms with Gasteiger partial charge >= 0.3 is 0 Å². The maximum Gasteiger partial charge on any atom is 0.139 e. The van der Waals surface area contributed by atoms with Gasteiger partial charge in [0.1, 0.15) is 12.8 Å². The summed E-state index contributed by atoms with van der Waals surface area (Å²) in [6.07, 6.45) is 14.7. The zero-order valence-electron chi connectivity index (χ0n) is 13.3. The second kappa shape index (κ2) is 9.59. The van der Waals surface area contributed by atoms with Gasteiger partial charge in [0.15, 0.2) is 0 Å². The number of hydrogen-bond acceptors (Lipinski definition) is 2. The molecular formula is C19H28NO. The molecule has 115 valence electrons. The lowest BCUT2D eigenvalue weighted by Crippen LogP contribution is -2.04. The van der Waals surface area contributed by atoms with Crippen molar-refractivity contribution in [3.8, 4) is 0 Å². The van der Waals surface area contributed by atoms with E-state index >= 15 is 0 Å². The Kier molecular flexibility index (Phi) is 7.34. The van der Waals surface area contributed by atoms with Crippen molar-refractivity contribution in [1.29, 1.82) is 0 Å². The van der Waals surface area contributed by atoms with Crippen LogP contribution in [0.4, 0.5) is 0 Å². The van der Waals surface area contributed by atoms with Crippen LogP contribution in [0, 0.1) is 0 Å². The minimum absolute atomic E-state index is 0.702. The fourth-order valence-electron chi connectivity index (χ4n) is 2.99. The Labute approximate surface area is 129 Å². The highest BCUT2D eigenvalue weighted by Crippen LogP contribution is 2.32. The van der Waals surface area contributed by atoms with E-state index < -0.39 is 0 Å². The molecule has 0 bridgehead atoms. The largest absolute Gasteiger partial charge is 0.395 e. The lowest BCUT2D eigenvalue weighted by Gasteiger charge is -2.21. The van der Waals surface area contributed by atoms with Gasteiger partial charge in [-0.2, -0.15) is 0 Å². The van der Waals surface area contributed by atoms with Gasteiger partial charge in [-0.05, 0) is 37.2 Å². The predicted octanol–water partition coefficient (Wildman–Crippen LogP) is 5.54. The predicted molar refractivity (Wildman–Crippen MR) is 88.9 cm³/mol. The summed E-state index contributed by atoms with van der Waals surface area (Å²) >= 11 is 0. The number of nitrogens with zero attached hydrogens (tertiary/aromatic N) is 1. The lowest BCUT2D eigenvalue weighted by molar-refractivity contribution is 0.141. The maximum atomic E-state index is 5.24. The molecule has 0 heterocycles. The van der Waals surface area contributed by atoms with E-state index in [0.717, 1.165) is 17.9 Å². The van der Waals surface area contributed by atoms with Crippen molar-refractivity contribution in [1.82, 2.24) is 0 Å². The zero-order valence-corrected chi connectivity index (χ0v) is 13.3. The molecule has 1 aliphatic carbocycles. The van der Waals surface area contributed by atoms with Crippen LogP contribution >= 0.6 is 0 Å². The summed E-state index contributed by atoms with van der Waals surface area (Å²) < 4.78 is 0. The van der Waals surface area contributed by atoms with Crippen LogP contribution in [0.3, 0.4) is 0 Å². The van der Waals surface area contributed by atoms with Gasteiger partial charge in [-0.25, -0.2) is 0 Å². The van der Waals surface area contributed by atoms with Gasteiger partial charge in [0.25, 0.3) is 0 Å². The van der Waals surface area contributed by atoms with E-state index in [-0.39, 0.29) is 0 Å². The first-order valence-corrected chi connectivity index (χ1v) is 8.58. The molecule has 0 aromatic heterocycles. The first kappa shape index (κ1) is 16.1. The SMILES string of the molecule is CCCCCCO/N=[C]/c1ccc(C2CCCCC2)cc1. The summed E-state index contributed by atoms with van der Waals surface area (Å²) in [6, 6.07) is 8.67. The van der Waals surface area contributed by atoms with Crippen LogP contribution in [-0.2, 0) is 4.84 Å². The Balaban J connectivity index is 1.71. The molecule has 1 aliphatic rings. The molecule has 21 heavy (non-hydrogen) atoms. The van der Waals surface area contributed by atoms with Crippen molar-refractivity contribution >= 4 is 6.21 Å². The van der Waals surface area contributed by atoms with E-state index in [1.165, 1.54) is 56.9 Å². The molecule has 2 heteroatoms. The molecule has 0 saturated heterocycles. The lowest BCUT2D eigenvalue weighted by atomic mass is 9.84. The van der Waals surface area contributed by atoms with Gasteiger partial charge in [-0.15, -0.1) is 0 Å². The monoisotopic (exact) mass is 286 g/mol. The van der Waals surface area contributed by atoms with E-state index in [1.807, 2.05) is 0 Å². The van der Waals surface area contributed by atoms with E-state index in [4.69, 9.17) is 4.84 Å². The van der Waals surface area contributed by atoms with Gasteiger partial charge in [0.2, 0.25) is 0 Å². The third-order valence-corrected chi connectivity index (χ3v) is 4.32. The Bertz CT molecular complexity index is 404. The fourth-order valence-corrected chi connectivity index (χ4v) is 2.99. The van der Waals surface area contributed by atoms with E-state index in [2.05, 4.69) is 42.6 Å². The van der Waals surface area contributed by atoms with Crippen LogP contribution in [0.25, 0.3) is 0 Å². The van der Waals surface area contributed by atoms with Gasteiger partial charge in [-0.1, -0.05) is 68.4 Å². The highest BCUT2D eigenvalue weighted by Gasteiger charge is 2.14. The smallest absolute Gasteiger partial charge is 0.139 e. The Morgan fingerprint density at radius 2 is 1.81 bits per heavy atom. The number of rotatable bonds is 8. The molecule has 2 nitrogen and oxygen atoms in total. The minimum Gasteiger partial charge on any atom is -0.395 e. The summed E-state index contributed by atoms with van der Waals surface area (Å²) in [5.41, 5.74) is 2.48. The van der Waals surface area contributed by atoms with Crippen molar-refractivity contribution in [2.75, 3.05) is 6.61 Å². The van der Waals surface area contributed by atoms with Crippen LogP contribution in [-0.4, -0.2) is 12.8 Å². The van der Waals surface area contributed by atoms with Crippen molar-refractivity contribution < 1.29 is 4.84 Å². The van der Waals surface area contributed by atoms with Crippen LogP contribution in [0.2, 0.25) is 0 Å². The maximum absolute atomic E-state index is 5.24. The topological polar surface area (TPSA) is 21.6 Å². The quantitative estimate of drug-likeness (QED) is 0.349. The molecular weight excluding hydrogens is 258 g/mol. The summed E-state index contributed by atoms with van der Waals surface area (Å²) in [6.45, 7) is 2.91. The average molecular weight is 286 g/mol. The van der Waals surface area contributed by atoms with Crippen molar-refractivity contribution in [2.45, 2.75) is 70.6 Å². The molecule has 1 aromatic rings. The van der Waals surface area contributed by atoms with Crippen LogP contribution in [0.1, 0.15) is 81.8 Å². The summed E-state index contributed by atoms with van der Waals surface area (Å²) in [7, 11) is 0. The zero-order chi connectivity index (χ0) is 14.8. The standard InChI is InChI=1S/C19H28NO/c1-2-3-4-8-15-21-20-16-17-11-13-19(14-12-17)18-9-6-5-7-10-18/h11-14,18H,2-10,15H2,1H3. The first-order chi connectivity index (χ1) is 10.4. The molecule has 2 rings (SSSR count). The second-order valence-electron chi connectivity index (χ2n) is 6.05. The molecule has 1 radical (unpaired) electrons. The Hall–Kier alpha value is -1.31. The number of hydrogen-bond donors (Lipinski definition) is 0. The van der Waals surface area contributed by atoms with E-state index in [0.29, 0.717) is 6.61 Å². The number of unbranched alkanes of at least 4 members (excludes halogenated alkanes) is 3. The molecule has 0 aliphatic heterocycles. The molecule has 0 amide bonds. The summed E-state index contributed by atoms with van der Waals surface area (Å²) in [4.78, 5) is 5.24. The van der Waals surface area contributed by atoms with Gasteiger partial charge < -0.3 is 4.84 Å². The van der Waals surface area contributed by atoms with Crippen molar-refractivity contribution in [2.24, 2.45) is 5.16 Å². The minimum atomic E-state index is 0.702.